The zero-order valence-corrected chi connectivity index (χ0v) is 16.9. The normalized spacial score (nSPS) is 11.8. The molecule has 0 unspecified atom stereocenters. The number of nitrogens with zero attached hydrogens (tertiary/aromatic N) is 4. The average Bonchev–Trinajstić information content (AvgIpc) is 3.04. The lowest BCUT2D eigenvalue weighted by Crippen LogP contribution is -2.15. The number of carbonyl (C=O) groups excluding carboxylic acids is 1. The Hall–Kier alpha value is -3.01. The number of nitrogens with one attached hydrogen (secondary N) is 2. The second-order valence-corrected chi connectivity index (χ2v) is 8.69. The van der Waals surface area contributed by atoms with Crippen molar-refractivity contribution in [3.8, 4) is 0 Å². The molecule has 2 N–H and O–H groups in total. The van der Waals surface area contributed by atoms with Gasteiger partial charge < -0.3 is 10.6 Å². The molecule has 148 valence electrons. The number of fused-ring (bicyclic) bond motifs is 1. The quantitative estimate of drug-likeness (QED) is 0.649. The van der Waals surface area contributed by atoms with Crippen LogP contribution in [-0.2, 0) is 21.2 Å². The van der Waals surface area contributed by atoms with Crippen molar-refractivity contribution < 1.29 is 13.2 Å². The van der Waals surface area contributed by atoms with Crippen molar-refractivity contribution in [2.45, 2.75) is 38.4 Å². The van der Waals surface area contributed by atoms with Gasteiger partial charge in [0.1, 0.15) is 0 Å². The van der Waals surface area contributed by atoms with Crippen LogP contribution in [0, 0.1) is 0 Å². The second-order valence-electron chi connectivity index (χ2n) is 6.78. The smallest absolute Gasteiger partial charge is 0.252 e. The van der Waals surface area contributed by atoms with Crippen LogP contribution in [0.3, 0.4) is 0 Å². The zero-order chi connectivity index (χ0) is 20.5. The van der Waals surface area contributed by atoms with E-state index in [-0.39, 0.29) is 22.9 Å². The molecule has 0 saturated carbocycles. The lowest BCUT2D eigenvalue weighted by atomic mass is 10.1. The summed E-state index contributed by atoms with van der Waals surface area (Å²) < 4.78 is 25.6. The molecule has 2 heterocycles. The molecule has 3 rings (SSSR count). The molecule has 0 radical (unpaired) electrons. The number of hydrogen-bond donors (Lipinski definition) is 2. The van der Waals surface area contributed by atoms with Gasteiger partial charge in [-0.1, -0.05) is 32.0 Å². The third-order valence-electron chi connectivity index (χ3n) is 4.09. The topological polar surface area (TPSA) is 118 Å². The summed E-state index contributed by atoms with van der Waals surface area (Å²) in [6.45, 7) is 5.71. The first-order valence-electron chi connectivity index (χ1n) is 8.72. The second kappa shape index (κ2) is 7.55. The number of benzene rings is 1. The predicted octanol–water partition coefficient (Wildman–Crippen LogP) is 2.22. The highest BCUT2D eigenvalue weighted by molar-refractivity contribution is 7.90. The van der Waals surface area contributed by atoms with Crippen LogP contribution < -0.4 is 10.6 Å². The highest BCUT2D eigenvalue weighted by Crippen LogP contribution is 2.23. The lowest BCUT2D eigenvalue weighted by Gasteiger charge is -2.13. The number of rotatable bonds is 6. The zero-order valence-electron chi connectivity index (χ0n) is 16.1. The molecule has 10 heteroatoms. The minimum atomic E-state index is -3.60. The van der Waals surface area contributed by atoms with Crippen LogP contribution in [0.5, 0.6) is 0 Å². The van der Waals surface area contributed by atoms with Gasteiger partial charge in [-0.25, -0.2) is 8.42 Å². The van der Waals surface area contributed by atoms with E-state index in [9.17, 15) is 13.2 Å². The molecule has 0 saturated heterocycles. The van der Waals surface area contributed by atoms with E-state index in [1.54, 1.807) is 12.3 Å². The molecule has 0 aliphatic carbocycles. The number of para-hydroxylation sites is 1. The molecule has 1 aromatic carbocycles. The number of anilines is 2. The molecule has 0 bridgehead atoms. The Labute approximate surface area is 163 Å². The van der Waals surface area contributed by atoms with Gasteiger partial charge in [0.2, 0.25) is 21.7 Å². The Bertz CT molecular complexity index is 1140. The van der Waals surface area contributed by atoms with Crippen LogP contribution in [-0.4, -0.2) is 40.2 Å². The summed E-state index contributed by atoms with van der Waals surface area (Å²) >= 11 is 0. The van der Waals surface area contributed by atoms with Crippen LogP contribution in [0.25, 0.3) is 5.65 Å². The largest absolute Gasteiger partial charge is 0.350 e. The molecule has 0 fully saturated rings. The van der Waals surface area contributed by atoms with E-state index in [0.717, 1.165) is 17.4 Å². The van der Waals surface area contributed by atoms with Crippen molar-refractivity contribution in [2.75, 3.05) is 16.9 Å². The maximum atomic E-state index is 12.1. The molecule has 3 aromatic rings. The maximum Gasteiger partial charge on any atom is 0.252 e. The molecule has 1 amide bonds. The van der Waals surface area contributed by atoms with Crippen molar-refractivity contribution in [2.24, 2.45) is 0 Å². The van der Waals surface area contributed by atoms with Gasteiger partial charge in [-0.3, -0.25) is 4.79 Å². The summed E-state index contributed by atoms with van der Waals surface area (Å²) in [5, 5.41) is 9.93. The Morgan fingerprint density at radius 3 is 2.57 bits per heavy atom. The van der Waals surface area contributed by atoms with Crippen LogP contribution in [0.15, 0.2) is 35.6 Å². The summed E-state index contributed by atoms with van der Waals surface area (Å²) in [5.41, 5.74) is 2.76. The van der Waals surface area contributed by atoms with Gasteiger partial charge in [0, 0.05) is 31.0 Å². The molecule has 0 aliphatic rings. The predicted molar refractivity (Wildman–Crippen MR) is 106 cm³/mol. The van der Waals surface area contributed by atoms with E-state index in [1.165, 1.54) is 11.4 Å². The molecule has 0 atom stereocenters. The lowest BCUT2D eigenvalue weighted by molar-refractivity contribution is -0.114. The van der Waals surface area contributed by atoms with E-state index < -0.39 is 9.84 Å². The number of sulfone groups is 1. The third-order valence-corrected chi connectivity index (χ3v) is 4.94. The van der Waals surface area contributed by atoms with Crippen molar-refractivity contribution in [1.82, 2.24) is 19.6 Å². The molecule has 28 heavy (non-hydrogen) atoms. The summed E-state index contributed by atoms with van der Waals surface area (Å²) in [6.07, 6.45) is 2.73. The standard InChI is InChI=1S/C18H22N6O3S/c1-11(2)14-10-20-24-16(14)22-18(28(4,26)27)23-17(24)19-9-13-7-5-6-8-15(13)21-12(3)25/h5-8,10-11H,9H2,1-4H3,(H,21,25)(H,19,22,23). The van der Waals surface area contributed by atoms with Gasteiger partial charge in [-0.15, -0.1) is 0 Å². The summed E-state index contributed by atoms with van der Waals surface area (Å²) in [5.74, 6) is 0.202. The first kappa shape index (κ1) is 19.7. The third kappa shape index (κ3) is 4.11. The van der Waals surface area contributed by atoms with Crippen molar-refractivity contribution in [1.29, 1.82) is 0 Å². The Morgan fingerprint density at radius 2 is 1.93 bits per heavy atom. The number of hydrogen-bond acceptors (Lipinski definition) is 7. The van der Waals surface area contributed by atoms with Gasteiger partial charge in [0.15, 0.2) is 5.65 Å². The molecule has 2 aromatic heterocycles. The summed E-state index contributed by atoms with van der Waals surface area (Å²) in [6, 6.07) is 7.32. The van der Waals surface area contributed by atoms with Crippen LogP contribution >= 0.6 is 0 Å². The highest BCUT2D eigenvalue weighted by atomic mass is 32.2. The van der Waals surface area contributed by atoms with E-state index in [1.807, 2.05) is 32.0 Å². The molecular formula is C18H22N6O3S. The maximum absolute atomic E-state index is 12.1. The highest BCUT2D eigenvalue weighted by Gasteiger charge is 2.20. The van der Waals surface area contributed by atoms with Crippen LogP contribution in [0.2, 0.25) is 0 Å². The summed E-state index contributed by atoms with van der Waals surface area (Å²) in [4.78, 5) is 19.8. The first-order chi connectivity index (χ1) is 13.2. The van der Waals surface area contributed by atoms with Crippen LogP contribution in [0.4, 0.5) is 11.6 Å². The number of amides is 1. The van der Waals surface area contributed by atoms with Gasteiger partial charge in [0.05, 0.1) is 6.20 Å². The Balaban J connectivity index is 2.03. The van der Waals surface area contributed by atoms with E-state index >= 15 is 0 Å². The SMILES string of the molecule is CC(=O)Nc1ccccc1CNc1nc(S(C)(=O)=O)nc2c(C(C)C)cnn12. The van der Waals surface area contributed by atoms with E-state index in [0.29, 0.717) is 17.9 Å². The number of aromatic nitrogens is 4. The van der Waals surface area contributed by atoms with Gasteiger partial charge in [0.25, 0.3) is 5.16 Å². The van der Waals surface area contributed by atoms with Crippen LogP contribution in [0.1, 0.15) is 37.8 Å². The molecule has 9 nitrogen and oxygen atoms in total. The van der Waals surface area contributed by atoms with Gasteiger partial charge in [-0.05, 0) is 17.5 Å². The minimum absolute atomic E-state index is 0.119. The van der Waals surface area contributed by atoms with Gasteiger partial charge >= 0.3 is 0 Å². The summed E-state index contributed by atoms with van der Waals surface area (Å²) in [7, 11) is -3.60. The van der Waals surface area contributed by atoms with E-state index in [4.69, 9.17) is 0 Å². The average molecular weight is 402 g/mol. The van der Waals surface area contributed by atoms with Gasteiger partial charge in [-0.2, -0.15) is 19.6 Å². The fourth-order valence-corrected chi connectivity index (χ4v) is 3.23. The fraction of sp³-hybridized carbons (Fsp3) is 0.333. The Kier molecular flexibility index (Phi) is 5.32. The first-order valence-corrected chi connectivity index (χ1v) is 10.6. The molecular weight excluding hydrogens is 380 g/mol. The molecule has 0 aliphatic heterocycles. The Morgan fingerprint density at radius 1 is 1.21 bits per heavy atom. The minimum Gasteiger partial charge on any atom is -0.350 e. The van der Waals surface area contributed by atoms with E-state index in [2.05, 4.69) is 25.7 Å². The monoisotopic (exact) mass is 402 g/mol. The fourth-order valence-electron chi connectivity index (χ4n) is 2.72. The van der Waals surface area contributed by atoms with Crippen molar-refractivity contribution >= 4 is 33.0 Å². The molecule has 0 spiro atoms. The van der Waals surface area contributed by atoms with Crippen molar-refractivity contribution in [3.63, 3.8) is 0 Å². The number of carbonyl (C=O) groups is 1. The van der Waals surface area contributed by atoms with Crippen molar-refractivity contribution in [3.05, 3.63) is 41.6 Å².